The van der Waals surface area contributed by atoms with E-state index in [9.17, 15) is 0 Å². The van der Waals surface area contributed by atoms with Gasteiger partial charge in [-0.2, -0.15) is 0 Å². The minimum absolute atomic E-state index is 0.652. The second-order valence-corrected chi connectivity index (χ2v) is 4.83. The molecule has 1 unspecified atom stereocenters. The number of allylic oxidation sites excluding steroid dienone is 2. The van der Waals surface area contributed by atoms with Gasteiger partial charge in [0, 0.05) is 5.70 Å². The molecule has 3 rings (SSSR count). The summed E-state index contributed by atoms with van der Waals surface area (Å²) in [4.78, 5) is 2.46. The first kappa shape index (κ1) is 9.26. The van der Waals surface area contributed by atoms with Crippen molar-refractivity contribution in [2.24, 2.45) is 0 Å². The van der Waals surface area contributed by atoms with Crippen molar-refractivity contribution in [2.75, 3.05) is 0 Å². The van der Waals surface area contributed by atoms with Gasteiger partial charge in [0.05, 0.1) is 6.04 Å². The van der Waals surface area contributed by atoms with Gasteiger partial charge in [-0.05, 0) is 62.3 Å². The van der Waals surface area contributed by atoms with E-state index in [1.165, 1.54) is 44.9 Å². The fourth-order valence-corrected chi connectivity index (χ4v) is 3.38. The molecule has 0 bridgehead atoms. The summed E-state index contributed by atoms with van der Waals surface area (Å²) in [7, 11) is 0. The smallest absolute Gasteiger partial charge is 0.0582 e. The van der Waals surface area contributed by atoms with Gasteiger partial charge in [-0.25, -0.2) is 0 Å². The van der Waals surface area contributed by atoms with E-state index in [2.05, 4.69) is 23.8 Å². The average molecular weight is 201 g/mol. The fourth-order valence-electron chi connectivity index (χ4n) is 3.38. The molecule has 0 aromatic rings. The van der Waals surface area contributed by atoms with Crippen LogP contribution in [0.4, 0.5) is 0 Å². The van der Waals surface area contributed by atoms with Gasteiger partial charge in [0.25, 0.3) is 0 Å². The third-order valence-electron chi connectivity index (χ3n) is 4.04. The van der Waals surface area contributed by atoms with Crippen molar-refractivity contribution < 1.29 is 0 Å². The Balaban J connectivity index is 2.04. The summed E-state index contributed by atoms with van der Waals surface area (Å²) < 4.78 is 0. The Morgan fingerprint density at radius 2 is 2.13 bits per heavy atom. The molecule has 2 aliphatic carbocycles. The number of fused-ring (bicyclic) bond motifs is 2. The quantitative estimate of drug-likeness (QED) is 0.624. The molecule has 0 saturated carbocycles. The van der Waals surface area contributed by atoms with Crippen LogP contribution >= 0.6 is 0 Å². The maximum atomic E-state index is 3.99. The van der Waals surface area contributed by atoms with Crippen molar-refractivity contribution in [1.29, 1.82) is 0 Å². The highest BCUT2D eigenvalue weighted by Gasteiger charge is 2.36. The predicted molar refractivity (Wildman–Crippen MR) is 63.3 cm³/mol. The van der Waals surface area contributed by atoms with Gasteiger partial charge in [0.2, 0.25) is 0 Å². The molecule has 0 fully saturated rings. The van der Waals surface area contributed by atoms with E-state index < -0.39 is 0 Å². The molecule has 1 heteroatoms. The van der Waals surface area contributed by atoms with Crippen LogP contribution in [0.2, 0.25) is 0 Å². The van der Waals surface area contributed by atoms with E-state index in [1.807, 2.05) is 0 Å². The van der Waals surface area contributed by atoms with Crippen LogP contribution in [0.5, 0.6) is 0 Å². The first-order valence-corrected chi connectivity index (χ1v) is 6.25. The van der Waals surface area contributed by atoms with Gasteiger partial charge in [0.15, 0.2) is 0 Å². The molecule has 1 aliphatic heterocycles. The standard InChI is InChI=1S/C14H19N/c1-2-15-13-9-5-3-7-11(13)12-8-4-6-10-14(12)15/h2,7,13H,1,3-6,8-10H2. The number of nitrogens with zero attached hydrogens (tertiary/aromatic N) is 1. The minimum atomic E-state index is 0.652. The second-order valence-electron chi connectivity index (χ2n) is 4.83. The van der Waals surface area contributed by atoms with E-state index in [0.29, 0.717) is 6.04 Å². The van der Waals surface area contributed by atoms with Gasteiger partial charge in [-0.1, -0.05) is 12.7 Å². The van der Waals surface area contributed by atoms with Crippen LogP contribution in [-0.2, 0) is 0 Å². The van der Waals surface area contributed by atoms with E-state index >= 15 is 0 Å². The monoisotopic (exact) mass is 201 g/mol. The zero-order chi connectivity index (χ0) is 10.3. The van der Waals surface area contributed by atoms with Crippen molar-refractivity contribution in [3.05, 3.63) is 35.7 Å². The Labute approximate surface area is 92.2 Å². The van der Waals surface area contributed by atoms with Crippen molar-refractivity contribution in [2.45, 2.75) is 51.0 Å². The molecule has 1 heterocycles. The third-order valence-corrected chi connectivity index (χ3v) is 4.04. The molecule has 0 aromatic carbocycles. The zero-order valence-corrected chi connectivity index (χ0v) is 9.34. The van der Waals surface area contributed by atoms with Crippen LogP contribution in [0.1, 0.15) is 44.9 Å². The third kappa shape index (κ3) is 1.29. The molecule has 3 aliphatic rings. The number of rotatable bonds is 1. The highest BCUT2D eigenvalue weighted by Crippen LogP contribution is 2.45. The predicted octanol–water partition coefficient (Wildman–Crippen LogP) is 3.75. The summed E-state index contributed by atoms with van der Waals surface area (Å²) in [6.45, 7) is 3.99. The van der Waals surface area contributed by atoms with Crippen LogP contribution in [0, 0.1) is 0 Å². The zero-order valence-electron chi connectivity index (χ0n) is 9.34. The maximum Gasteiger partial charge on any atom is 0.0582 e. The summed E-state index contributed by atoms with van der Waals surface area (Å²) in [6, 6.07) is 0.652. The summed E-state index contributed by atoms with van der Waals surface area (Å²) in [5.74, 6) is 0. The highest BCUT2D eigenvalue weighted by molar-refractivity contribution is 5.47. The molecule has 0 radical (unpaired) electrons. The van der Waals surface area contributed by atoms with Crippen LogP contribution in [0.3, 0.4) is 0 Å². The van der Waals surface area contributed by atoms with Crippen LogP contribution in [0.15, 0.2) is 35.7 Å². The molecule has 0 saturated heterocycles. The first-order valence-electron chi connectivity index (χ1n) is 6.25. The lowest BCUT2D eigenvalue weighted by atomic mass is 9.87. The first-order chi connectivity index (χ1) is 7.42. The SMILES string of the molecule is C=CN1C2=C(CCCC2)C2=CCCCC21. The Kier molecular flexibility index (Phi) is 2.19. The molecule has 15 heavy (non-hydrogen) atoms. The average Bonchev–Trinajstić information content (AvgIpc) is 2.63. The second kappa shape index (κ2) is 3.55. The lowest BCUT2D eigenvalue weighted by Gasteiger charge is -2.28. The summed E-state index contributed by atoms with van der Waals surface area (Å²) in [5, 5.41) is 0. The van der Waals surface area contributed by atoms with Crippen LogP contribution in [-0.4, -0.2) is 10.9 Å². The van der Waals surface area contributed by atoms with Gasteiger partial charge < -0.3 is 4.90 Å². The molecule has 0 spiro atoms. The van der Waals surface area contributed by atoms with Gasteiger partial charge in [-0.3, -0.25) is 0 Å². The van der Waals surface area contributed by atoms with Crippen molar-refractivity contribution >= 4 is 0 Å². The largest absolute Gasteiger partial charge is 0.344 e. The maximum absolute atomic E-state index is 3.99. The molecule has 80 valence electrons. The molecule has 0 N–H and O–H groups in total. The molecule has 1 atom stereocenters. The van der Waals surface area contributed by atoms with Crippen molar-refractivity contribution in [3.63, 3.8) is 0 Å². The highest BCUT2D eigenvalue weighted by atomic mass is 15.2. The summed E-state index contributed by atoms with van der Waals surface area (Å²) in [6.07, 6.45) is 13.8. The Morgan fingerprint density at radius 1 is 1.27 bits per heavy atom. The lowest BCUT2D eigenvalue weighted by molar-refractivity contribution is 0.358. The summed E-state index contributed by atoms with van der Waals surface area (Å²) in [5.41, 5.74) is 4.91. The van der Waals surface area contributed by atoms with Gasteiger partial charge >= 0.3 is 0 Å². The lowest BCUT2D eigenvalue weighted by Crippen LogP contribution is -2.27. The van der Waals surface area contributed by atoms with E-state index in [1.54, 1.807) is 16.8 Å². The number of hydrogen-bond donors (Lipinski definition) is 0. The molecule has 0 amide bonds. The molecular formula is C14H19N. The fraction of sp³-hybridized carbons (Fsp3) is 0.571. The van der Waals surface area contributed by atoms with Crippen molar-refractivity contribution in [1.82, 2.24) is 4.90 Å². The Bertz CT molecular complexity index is 348. The topological polar surface area (TPSA) is 3.24 Å². The Hall–Kier alpha value is -0.980. The minimum Gasteiger partial charge on any atom is -0.344 e. The van der Waals surface area contributed by atoms with Crippen LogP contribution in [0.25, 0.3) is 0 Å². The van der Waals surface area contributed by atoms with Crippen LogP contribution < -0.4 is 0 Å². The molecule has 0 aromatic heterocycles. The van der Waals surface area contributed by atoms with Gasteiger partial charge in [-0.15, -0.1) is 0 Å². The molecular weight excluding hydrogens is 182 g/mol. The van der Waals surface area contributed by atoms with E-state index in [0.717, 1.165) is 0 Å². The number of hydrogen-bond acceptors (Lipinski definition) is 1. The van der Waals surface area contributed by atoms with E-state index in [-0.39, 0.29) is 0 Å². The Morgan fingerprint density at radius 3 is 3.00 bits per heavy atom. The normalized spacial score (nSPS) is 29.7. The summed E-state index contributed by atoms with van der Waals surface area (Å²) >= 11 is 0. The van der Waals surface area contributed by atoms with Gasteiger partial charge in [0.1, 0.15) is 0 Å². The van der Waals surface area contributed by atoms with Crippen molar-refractivity contribution in [3.8, 4) is 0 Å². The molecule has 1 nitrogen and oxygen atoms in total. The van der Waals surface area contributed by atoms with E-state index in [4.69, 9.17) is 0 Å².